The van der Waals surface area contributed by atoms with E-state index < -0.39 is 0 Å². The Labute approximate surface area is 59.4 Å². The molecule has 48 valence electrons. The quantitative estimate of drug-likeness (QED) is 0.552. The van der Waals surface area contributed by atoms with Gasteiger partial charge in [0, 0.05) is 0 Å². The highest BCUT2D eigenvalue weighted by atomic mass is 127. The van der Waals surface area contributed by atoms with E-state index in [0.717, 1.165) is 0 Å². The van der Waals surface area contributed by atoms with Gasteiger partial charge in [0.25, 0.3) is 0 Å². The molecule has 0 radical (unpaired) electrons. The molecule has 0 aromatic carbocycles. The molecule has 0 aliphatic rings. The van der Waals surface area contributed by atoms with Crippen molar-refractivity contribution in [2.75, 3.05) is 4.43 Å². The minimum atomic E-state index is 0. The van der Waals surface area contributed by atoms with E-state index in [-0.39, 0.29) is 12.3 Å². The molecule has 0 unspecified atom stereocenters. The Bertz CT molecular complexity index is 17.2. The van der Waals surface area contributed by atoms with Crippen LogP contribution in [0.15, 0.2) is 0 Å². The summed E-state index contributed by atoms with van der Waals surface area (Å²) in [5, 5.41) is 0. The van der Waals surface area contributed by atoms with Crippen molar-refractivity contribution in [2.24, 2.45) is 0 Å². The Hall–Kier alpha value is 0.650. The molecule has 2 nitrogen and oxygen atoms in total. The molecule has 0 saturated heterocycles. The Morgan fingerprint density at radius 3 is 1.71 bits per heavy atom. The van der Waals surface area contributed by atoms with Gasteiger partial charge in [-0.3, -0.25) is 0 Å². The van der Waals surface area contributed by atoms with Crippen molar-refractivity contribution in [3.8, 4) is 0 Å². The van der Waals surface area contributed by atoms with Crippen molar-refractivity contribution in [2.45, 2.75) is 19.8 Å². The van der Waals surface area contributed by atoms with E-state index >= 15 is 0 Å². The first-order valence-corrected chi connectivity index (χ1v) is 3.50. The van der Waals surface area contributed by atoms with Gasteiger partial charge in [-0.05, 0) is 10.8 Å². The van der Waals surface area contributed by atoms with Crippen molar-refractivity contribution in [1.82, 2.24) is 12.3 Å². The van der Waals surface area contributed by atoms with Crippen molar-refractivity contribution >= 4 is 22.6 Å². The third kappa shape index (κ3) is 20.5. The zero-order valence-corrected chi connectivity index (χ0v) is 7.07. The molecule has 3 heteroatoms. The summed E-state index contributed by atoms with van der Waals surface area (Å²) in [7, 11) is 0. The van der Waals surface area contributed by atoms with Crippen LogP contribution in [0.25, 0.3) is 0 Å². The molecule has 0 aromatic rings. The van der Waals surface area contributed by atoms with Gasteiger partial charge in [-0.2, -0.15) is 0 Å². The molecule has 0 spiro atoms. The van der Waals surface area contributed by atoms with Crippen LogP contribution in [0.2, 0.25) is 0 Å². The third-order valence-electron chi connectivity index (χ3n) is 0.487. The van der Waals surface area contributed by atoms with E-state index in [1.54, 1.807) is 0 Å². The molecule has 0 heterocycles. The largest absolute Gasteiger partial charge is 0.344 e. The van der Waals surface area contributed by atoms with Crippen molar-refractivity contribution in [1.29, 1.82) is 0 Å². The average Bonchev–Trinajstić information content (AvgIpc) is 1.41. The van der Waals surface area contributed by atoms with Gasteiger partial charge >= 0.3 is 0 Å². The lowest BCUT2D eigenvalue weighted by Gasteiger charge is -1.77. The summed E-state index contributed by atoms with van der Waals surface area (Å²) in [6.07, 6.45) is 2.71. The highest BCUT2D eigenvalue weighted by Gasteiger charge is 1.69. The second-order valence-corrected chi connectivity index (χ2v) is 2.12. The molecule has 6 N–H and O–H groups in total. The molecule has 0 rings (SSSR count). The van der Waals surface area contributed by atoms with E-state index in [2.05, 4.69) is 29.5 Å². The maximum atomic E-state index is 2.39. The van der Waals surface area contributed by atoms with Crippen molar-refractivity contribution in [3.63, 3.8) is 0 Å². The van der Waals surface area contributed by atoms with Gasteiger partial charge in [0.1, 0.15) is 0 Å². The zero-order chi connectivity index (χ0) is 4.12. The summed E-state index contributed by atoms with van der Waals surface area (Å²) in [5.74, 6) is 0. The summed E-state index contributed by atoms with van der Waals surface area (Å²) in [6, 6.07) is 0. The monoisotopic (exact) mass is 218 g/mol. The van der Waals surface area contributed by atoms with Crippen LogP contribution in [0, 0.1) is 0 Å². The summed E-state index contributed by atoms with van der Waals surface area (Å²) >= 11 is 2.39. The molecule has 0 atom stereocenters. The molecule has 0 aliphatic heterocycles. The van der Waals surface area contributed by atoms with Gasteiger partial charge in [-0.15, -0.1) is 0 Å². The Morgan fingerprint density at radius 1 is 1.29 bits per heavy atom. The number of unbranched alkanes of at least 4 members (excludes halogenated alkanes) is 1. The van der Waals surface area contributed by atoms with Gasteiger partial charge in [0.05, 0.1) is 0 Å². The third-order valence-corrected chi connectivity index (χ3v) is 1.25. The first kappa shape index (κ1) is 15.6. The van der Waals surface area contributed by atoms with Crippen LogP contribution < -0.4 is 12.3 Å². The number of rotatable bonds is 2. The van der Waals surface area contributed by atoms with Gasteiger partial charge < -0.3 is 12.3 Å². The molecular weight excluding hydrogens is 203 g/mol. The van der Waals surface area contributed by atoms with Gasteiger partial charge in [-0.1, -0.05) is 35.9 Å². The number of alkyl halides is 1. The van der Waals surface area contributed by atoms with Gasteiger partial charge in [0.15, 0.2) is 0 Å². The molecule has 0 aromatic heterocycles. The first-order valence-electron chi connectivity index (χ1n) is 1.97. The number of hydrogen-bond acceptors (Lipinski definition) is 2. The van der Waals surface area contributed by atoms with E-state index in [1.807, 2.05) is 0 Å². The lowest BCUT2D eigenvalue weighted by molar-refractivity contribution is 0.907. The predicted octanol–water partition coefficient (Wildman–Crippen LogP) is 2.55. The summed E-state index contributed by atoms with van der Waals surface area (Å²) in [6.45, 7) is 2.21. The van der Waals surface area contributed by atoms with Crippen LogP contribution in [-0.2, 0) is 0 Å². The topological polar surface area (TPSA) is 70.0 Å². The van der Waals surface area contributed by atoms with Crippen LogP contribution in [0.4, 0.5) is 0 Å². The van der Waals surface area contributed by atoms with Crippen LogP contribution in [0.3, 0.4) is 0 Å². The van der Waals surface area contributed by atoms with Gasteiger partial charge in [-0.25, -0.2) is 0 Å². The molecule has 0 saturated carbocycles. The number of halogens is 1. The van der Waals surface area contributed by atoms with Gasteiger partial charge in [0.2, 0.25) is 0 Å². The summed E-state index contributed by atoms with van der Waals surface area (Å²) in [4.78, 5) is 0. The maximum Gasteiger partial charge on any atom is -0.000483 e. The fourth-order valence-corrected chi connectivity index (χ4v) is 0.896. The second kappa shape index (κ2) is 15.9. The highest BCUT2D eigenvalue weighted by Crippen LogP contribution is 1.90. The summed E-state index contributed by atoms with van der Waals surface area (Å²) in [5.41, 5.74) is 0. The Morgan fingerprint density at radius 2 is 1.71 bits per heavy atom. The lowest BCUT2D eigenvalue weighted by Crippen LogP contribution is -1.64. The normalized spacial score (nSPS) is 6.00. The first-order chi connectivity index (χ1) is 2.41. The van der Waals surface area contributed by atoms with Crippen LogP contribution in [0.1, 0.15) is 19.8 Å². The van der Waals surface area contributed by atoms with Crippen LogP contribution in [0.5, 0.6) is 0 Å². The SMILES string of the molecule is CCCCI.N.N. The lowest BCUT2D eigenvalue weighted by atomic mass is 10.4. The zero-order valence-electron chi connectivity index (χ0n) is 4.91. The average molecular weight is 218 g/mol. The fourth-order valence-electron chi connectivity index (χ4n) is 0.134. The van der Waals surface area contributed by atoms with Crippen LogP contribution in [-0.4, -0.2) is 4.43 Å². The van der Waals surface area contributed by atoms with Crippen molar-refractivity contribution in [3.05, 3.63) is 0 Å². The Balaban J connectivity index is -0.0000000800. The van der Waals surface area contributed by atoms with Crippen LogP contribution >= 0.6 is 22.6 Å². The Kier molecular flexibility index (Phi) is 35.6. The molecule has 0 bridgehead atoms. The standard InChI is InChI=1S/C4H9I.2H3N/c1-2-3-4-5;;/h2-4H2,1H3;2*1H3. The molecule has 7 heavy (non-hydrogen) atoms. The maximum absolute atomic E-state index is 2.39. The van der Waals surface area contributed by atoms with E-state index in [9.17, 15) is 0 Å². The second-order valence-electron chi connectivity index (χ2n) is 1.04. The molecule has 0 fully saturated rings. The molecular formula is C4H15IN2. The van der Waals surface area contributed by atoms with E-state index in [0.29, 0.717) is 0 Å². The predicted molar refractivity (Wildman–Crippen MR) is 43.8 cm³/mol. The highest BCUT2D eigenvalue weighted by molar-refractivity contribution is 14.1. The van der Waals surface area contributed by atoms with E-state index in [4.69, 9.17) is 0 Å². The van der Waals surface area contributed by atoms with E-state index in [1.165, 1.54) is 17.3 Å². The molecule has 0 aliphatic carbocycles. The molecule has 0 amide bonds. The summed E-state index contributed by atoms with van der Waals surface area (Å²) < 4.78 is 1.31. The minimum absolute atomic E-state index is 0. The minimum Gasteiger partial charge on any atom is -0.344 e. The van der Waals surface area contributed by atoms with Crippen molar-refractivity contribution < 1.29 is 0 Å². The fraction of sp³-hybridized carbons (Fsp3) is 1.00. The smallest absolute Gasteiger partial charge is 0.000483 e. The number of hydrogen-bond donors (Lipinski definition) is 2.